The van der Waals surface area contributed by atoms with Gasteiger partial charge in [0.1, 0.15) is 6.04 Å². The molecule has 0 aliphatic carbocycles. The van der Waals surface area contributed by atoms with E-state index >= 15 is 0 Å². The second-order valence-corrected chi connectivity index (χ2v) is 6.43. The first kappa shape index (κ1) is 22.5. The Morgan fingerprint density at radius 3 is 1.97 bits per heavy atom. The Balaban J connectivity index is 2.35. The molecule has 2 rings (SSSR count). The Morgan fingerprint density at radius 2 is 1.52 bits per heavy atom. The first-order chi connectivity index (χ1) is 13.3. The van der Waals surface area contributed by atoms with Gasteiger partial charge in [0.05, 0.1) is 11.1 Å². The van der Waals surface area contributed by atoms with Gasteiger partial charge in [0, 0.05) is 17.0 Å². The fourth-order valence-corrected chi connectivity index (χ4v) is 2.64. The number of carbonyl (C=O) groups excluding carboxylic acids is 1. The molecule has 0 radical (unpaired) electrons. The molecule has 0 saturated heterocycles. The van der Waals surface area contributed by atoms with Crippen molar-refractivity contribution in [3.8, 4) is 0 Å². The van der Waals surface area contributed by atoms with Crippen LogP contribution in [0.25, 0.3) is 0 Å². The SMILES string of the molecule is O=C(N[C@H](Cc1cccc(Cl)c1)C(=O)O)c1cc(C(F)(F)F)cc(C(F)(F)F)c1. The summed E-state index contributed by atoms with van der Waals surface area (Å²) in [5, 5.41) is 11.5. The second-order valence-electron chi connectivity index (χ2n) is 5.99. The predicted octanol–water partition coefficient (Wildman–Crippen LogP) is 4.80. The van der Waals surface area contributed by atoms with E-state index in [9.17, 15) is 41.0 Å². The van der Waals surface area contributed by atoms with Crippen LogP contribution in [-0.2, 0) is 23.6 Å². The molecule has 0 aliphatic rings. The standard InChI is InChI=1S/C18H12ClF6NO3/c19-13-3-1-2-9(4-13)5-14(16(28)29)26-15(27)10-6-11(17(20,21)22)8-12(7-10)18(23,24)25/h1-4,6-8,14H,5H2,(H,26,27)(H,28,29)/t14-/m1/s1. The van der Waals surface area contributed by atoms with Crippen LogP contribution in [0.15, 0.2) is 42.5 Å². The number of aliphatic carboxylic acids is 1. The van der Waals surface area contributed by atoms with Gasteiger partial charge in [0.15, 0.2) is 0 Å². The van der Waals surface area contributed by atoms with E-state index in [0.717, 1.165) is 0 Å². The summed E-state index contributed by atoms with van der Waals surface area (Å²) in [7, 11) is 0. The molecule has 29 heavy (non-hydrogen) atoms. The molecule has 4 nitrogen and oxygen atoms in total. The highest BCUT2D eigenvalue weighted by atomic mass is 35.5. The zero-order valence-electron chi connectivity index (χ0n) is 14.2. The molecule has 2 N–H and O–H groups in total. The number of hydrogen-bond acceptors (Lipinski definition) is 2. The van der Waals surface area contributed by atoms with Crippen LogP contribution in [0, 0.1) is 0 Å². The highest BCUT2D eigenvalue weighted by Gasteiger charge is 2.37. The lowest BCUT2D eigenvalue weighted by Gasteiger charge is -2.17. The van der Waals surface area contributed by atoms with Gasteiger partial charge in [-0.15, -0.1) is 0 Å². The molecule has 11 heteroatoms. The van der Waals surface area contributed by atoms with Crippen molar-refractivity contribution in [1.82, 2.24) is 5.32 Å². The zero-order chi connectivity index (χ0) is 22.0. The van der Waals surface area contributed by atoms with Crippen molar-refractivity contribution in [3.63, 3.8) is 0 Å². The summed E-state index contributed by atoms with van der Waals surface area (Å²) in [6.07, 6.45) is -10.6. The Kier molecular flexibility index (Phi) is 6.46. The Labute approximate surface area is 165 Å². The predicted molar refractivity (Wildman–Crippen MR) is 90.5 cm³/mol. The highest BCUT2D eigenvalue weighted by molar-refractivity contribution is 6.30. The first-order valence-corrected chi connectivity index (χ1v) is 8.23. The van der Waals surface area contributed by atoms with Crippen LogP contribution in [0.4, 0.5) is 26.3 Å². The summed E-state index contributed by atoms with van der Waals surface area (Å²) in [6.45, 7) is 0. The summed E-state index contributed by atoms with van der Waals surface area (Å²) < 4.78 is 77.5. The smallest absolute Gasteiger partial charge is 0.416 e. The van der Waals surface area contributed by atoms with Gasteiger partial charge < -0.3 is 10.4 Å². The normalized spacial score (nSPS) is 13.1. The third kappa shape index (κ3) is 6.11. The number of nitrogens with one attached hydrogen (secondary N) is 1. The average Bonchev–Trinajstić information content (AvgIpc) is 2.59. The molecule has 1 amide bonds. The third-order valence-corrected chi connectivity index (χ3v) is 4.02. The van der Waals surface area contributed by atoms with Crippen LogP contribution in [0.3, 0.4) is 0 Å². The molecule has 2 aromatic carbocycles. The maximum Gasteiger partial charge on any atom is 0.416 e. The molecule has 0 fully saturated rings. The third-order valence-electron chi connectivity index (χ3n) is 3.78. The van der Waals surface area contributed by atoms with Crippen molar-refractivity contribution in [2.45, 2.75) is 24.8 Å². The van der Waals surface area contributed by atoms with E-state index in [1.165, 1.54) is 24.3 Å². The molecule has 156 valence electrons. The van der Waals surface area contributed by atoms with Crippen LogP contribution >= 0.6 is 11.6 Å². The monoisotopic (exact) mass is 439 g/mol. The number of rotatable bonds is 5. The van der Waals surface area contributed by atoms with E-state index in [1.54, 1.807) is 0 Å². The van der Waals surface area contributed by atoms with E-state index in [0.29, 0.717) is 5.56 Å². The molecule has 0 heterocycles. The number of carbonyl (C=O) groups is 2. The summed E-state index contributed by atoms with van der Waals surface area (Å²) in [5.41, 5.74) is -3.94. The Hall–Kier alpha value is -2.75. The van der Waals surface area contributed by atoms with Gasteiger partial charge in [-0.05, 0) is 35.9 Å². The van der Waals surface area contributed by atoms with E-state index in [-0.39, 0.29) is 29.6 Å². The lowest BCUT2D eigenvalue weighted by Crippen LogP contribution is -2.42. The molecular formula is C18H12ClF6NO3. The minimum absolute atomic E-state index is 0.128. The van der Waals surface area contributed by atoms with Crippen LogP contribution < -0.4 is 5.32 Å². The molecule has 2 aromatic rings. The number of carboxylic acid groups (broad SMARTS) is 1. The number of amides is 1. The summed E-state index contributed by atoms with van der Waals surface area (Å²) >= 11 is 5.78. The van der Waals surface area contributed by atoms with Crippen molar-refractivity contribution in [3.05, 3.63) is 69.7 Å². The maximum atomic E-state index is 12.9. The van der Waals surface area contributed by atoms with E-state index in [4.69, 9.17) is 11.6 Å². The summed E-state index contributed by atoms with van der Waals surface area (Å²) in [5.74, 6) is -2.92. The lowest BCUT2D eigenvalue weighted by molar-refractivity contribution is -0.143. The van der Waals surface area contributed by atoms with E-state index in [2.05, 4.69) is 0 Å². The molecule has 0 bridgehead atoms. The fraction of sp³-hybridized carbons (Fsp3) is 0.222. The molecule has 0 unspecified atom stereocenters. The van der Waals surface area contributed by atoms with Gasteiger partial charge in [-0.25, -0.2) is 4.79 Å². The second kappa shape index (κ2) is 8.32. The van der Waals surface area contributed by atoms with Gasteiger partial charge in [-0.1, -0.05) is 23.7 Å². The largest absolute Gasteiger partial charge is 0.480 e. The average molecular weight is 440 g/mol. The minimum atomic E-state index is -5.14. The van der Waals surface area contributed by atoms with Crippen molar-refractivity contribution in [2.75, 3.05) is 0 Å². The zero-order valence-corrected chi connectivity index (χ0v) is 15.0. The topological polar surface area (TPSA) is 66.4 Å². The fourth-order valence-electron chi connectivity index (χ4n) is 2.43. The van der Waals surface area contributed by atoms with Crippen LogP contribution in [-0.4, -0.2) is 23.0 Å². The Bertz CT molecular complexity index is 894. The summed E-state index contributed by atoms with van der Waals surface area (Å²) in [4.78, 5) is 23.6. The summed E-state index contributed by atoms with van der Waals surface area (Å²) in [6, 6.07) is 4.66. The van der Waals surface area contributed by atoms with Crippen molar-refractivity contribution < 1.29 is 41.0 Å². The van der Waals surface area contributed by atoms with Gasteiger partial charge in [-0.3, -0.25) is 4.79 Å². The molecule has 1 atom stereocenters. The van der Waals surface area contributed by atoms with Gasteiger partial charge in [-0.2, -0.15) is 26.3 Å². The number of benzene rings is 2. The van der Waals surface area contributed by atoms with Crippen molar-refractivity contribution >= 4 is 23.5 Å². The quantitative estimate of drug-likeness (QED) is 0.657. The molecule has 0 aliphatic heterocycles. The lowest BCUT2D eigenvalue weighted by atomic mass is 10.0. The van der Waals surface area contributed by atoms with Gasteiger partial charge >= 0.3 is 18.3 Å². The molecule has 0 spiro atoms. The highest BCUT2D eigenvalue weighted by Crippen LogP contribution is 2.36. The van der Waals surface area contributed by atoms with Crippen molar-refractivity contribution in [2.24, 2.45) is 0 Å². The number of hydrogen-bond donors (Lipinski definition) is 2. The molecule has 0 saturated carbocycles. The van der Waals surface area contributed by atoms with Crippen LogP contribution in [0.1, 0.15) is 27.0 Å². The van der Waals surface area contributed by atoms with Crippen LogP contribution in [0.2, 0.25) is 5.02 Å². The van der Waals surface area contributed by atoms with Gasteiger partial charge in [0.2, 0.25) is 0 Å². The van der Waals surface area contributed by atoms with E-state index < -0.39 is 47.0 Å². The number of halogens is 7. The minimum Gasteiger partial charge on any atom is -0.480 e. The maximum absolute atomic E-state index is 12.9. The molecule has 0 aromatic heterocycles. The van der Waals surface area contributed by atoms with Crippen molar-refractivity contribution in [1.29, 1.82) is 0 Å². The first-order valence-electron chi connectivity index (χ1n) is 7.85. The number of alkyl halides is 6. The molecular weight excluding hydrogens is 428 g/mol. The number of carboxylic acids is 1. The van der Waals surface area contributed by atoms with Gasteiger partial charge in [0.25, 0.3) is 5.91 Å². The van der Waals surface area contributed by atoms with Crippen LogP contribution in [0.5, 0.6) is 0 Å². The Morgan fingerprint density at radius 1 is 0.966 bits per heavy atom. The van der Waals surface area contributed by atoms with E-state index in [1.807, 2.05) is 5.32 Å².